The number of allylic oxidation sites excluding steroid dienone is 2. The van der Waals surface area contributed by atoms with Crippen molar-refractivity contribution in [2.75, 3.05) is 5.32 Å². The molecular weight excluding hydrogens is 356 g/mol. The lowest BCUT2D eigenvalue weighted by Gasteiger charge is -2.38. The van der Waals surface area contributed by atoms with Gasteiger partial charge in [0.25, 0.3) is 5.69 Å². The van der Waals surface area contributed by atoms with Crippen LogP contribution in [-0.4, -0.2) is 10.9 Å². The van der Waals surface area contributed by atoms with E-state index in [4.69, 9.17) is 11.6 Å². The van der Waals surface area contributed by atoms with Gasteiger partial charge in [-0.15, -0.1) is 0 Å². The lowest BCUT2D eigenvalue weighted by atomic mass is 9.76. The number of non-ortho nitro benzene ring substituents is 1. The first-order chi connectivity index (χ1) is 12.5. The van der Waals surface area contributed by atoms with Crippen LogP contribution in [0, 0.1) is 16.0 Å². The molecule has 4 rings (SSSR count). The first kappa shape index (κ1) is 16.6. The summed E-state index contributed by atoms with van der Waals surface area (Å²) in [6, 6.07) is 9.07. The van der Waals surface area contributed by atoms with Gasteiger partial charge in [-0.2, -0.15) is 0 Å². The highest BCUT2D eigenvalue weighted by Crippen LogP contribution is 2.51. The van der Waals surface area contributed by atoms with Crippen LogP contribution in [-0.2, 0) is 0 Å². The van der Waals surface area contributed by atoms with E-state index in [1.54, 1.807) is 18.2 Å². The SMILES string of the molecule is O=C([O-])c1ccc2c(c1)[C@@H]1C=CC[C@H]1[C@H](c1cc([N+](=O)[O-])ccc1Cl)N2. The maximum Gasteiger partial charge on any atom is 0.269 e. The van der Waals surface area contributed by atoms with Crippen LogP contribution in [0.5, 0.6) is 0 Å². The molecule has 26 heavy (non-hydrogen) atoms. The van der Waals surface area contributed by atoms with Crippen molar-refractivity contribution in [1.29, 1.82) is 0 Å². The molecule has 0 bridgehead atoms. The first-order valence-corrected chi connectivity index (χ1v) is 8.56. The minimum Gasteiger partial charge on any atom is -0.545 e. The molecule has 0 spiro atoms. The molecule has 0 saturated heterocycles. The topological polar surface area (TPSA) is 95.3 Å². The van der Waals surface area contributed by atoms with Gasteiger partial charge in [-0.3, -0.25) is 10.1 Å². The number of hydrogen-bond acceptors (Lipinski definition) is 5. The third-order valence-electron chi connectivity index (χ3n) is 5.12. The molecule has 3 atom stereocenters. The molecule has 0 fully saturated rings. The second-order valence-electron chi connectivity index (χ2n) is 6.53. The Morgan fingerprint density at radius 3 is 2.73 bits per heavy atom. The van der Waals surface area contributed by atoms with E-state index in [1.165, 1.54) is 18.2 Å². The maximum atomic E-state index is 11.2. The zero-order valence-corrected chi connectivity index (χ0v) is 14.3. The molecule has 6 nitrogen and oxygen atoms in total. The van der Waals surface area contributed by atoms with Crippen molar-refractivity contribution in [3.63, 3.8) is 0 Å². The molecule has 132 valence electrons. The Bertz CT molecular complexity index is 957. The quantitative estimate of drug-likeness (QED) is 0.508. The van der Waals surface area contributed by atoms with Crippen molar-refractivity contribution < 1.29 is 14.8 Å². The molecule has 7 heteroatoms. The Kier molecular flexibility index (Phi) is 3.92. The summed E-state index contributed by atoms with van der Waals surface area (Å²) in [5.41, 5.74) is 2.50. The van der Waals surface area contributed by atoms with Gasteiger partial charge in [-0.05, 0) is 41.7 Å². The van der Waals surface area contributed by atoms with Crippen molar-refractivity contribution in [2.45, 2.75) is 18.4 Å². The van der Waals surface area contributed by atoms with Gasteiger partial charge in [0, 0.05) is 34.3 Å². The Balaban J connectivity index is 1.80. The Labute approximate surface area is 154 Å². The molecular formula is C19H14ClN2O4-. The normalized spacial score (nSPS) is 23.0. The second kappa shape index (κ2) is 6.14. The molecule has 0 unspecified atom stereocenters. The smallest absolute Gasteiger partial charge is 0.269 e. The van der Waals surface area contributed by atoms with E-state index in [2.05, 4.69) is 17.5 Å². The summed E-state index contributed by atoms with van der Waals surface area (Å²) in [4.78, 5) is 21.9. The fourth-order valence-corrected chi connectivity index (χ4v) is 4.15. The average Bonchev–Trinajstić information content (AvgIpc) is 3.11. The van der Waals surface area contributed by atoms with E-state index < -0.39 is 10.9 Å². The zero-order valence-electron chi connectivity index (χ0n) is 13.5. The fourth-order valence-electron chi connectivity index (χ4n) is 3.91. The highest BCUT2D eigenvalue weighted by molar-refractivity contribution is 6.31. The van der Waals surface area contributed by atoms with Gasteiger partial charge in [-0.1, -0.05) is 29.8 Å². The van der Waals surface area contributed by atoms with Gasteiger partial charge in [0.05, 0.1) is 16.9 Å². The predicted octanol–water partition coefficient (Wildman–Crippen LogP) is 3.44. The number of carboxylic acids is 1. The van der Waals surface area contributed by atoms with Crippen molar-refractivity contribution >= 4 is 28.9 Å². The van der Waals surface area contributed by atoms with E-state index in [9.17, 15) is 20.0 Å². The third kappa shape index (κ3) is 2.63. The van der Waals surface area contributed by atoms with Crippen LogP contribution in [0.3, 0.4) is 0 Å². The summed E-state index contributed by atoms with van der Waals surface area (Å²) in [6.07, 6.45) is 4.88. The molecule has 2 aromatic carbocycles. The maximum absolute atomic E-state index is 11.2. The van der Waals surface area contributed by atoms with Crippen LogP contribution < -0.4 is 10.4 Å². The Hall–Kier alpha value is -2.86. The highest BCUT2D eigenvalue weighted by atomic mass is 35.5. The van der Waals surface area contributed by atoms with Crippen molar-refractivity contribution in [2.24, 2.45) is 5.92 Å². The molecule has 0 aromatic heterocycles. The fraction of sp³-hybridized carbons (Fsp3) is 0.211. The average molecular weight is 370 g/mol. The van der Waals surface area contributed by atoms with Gasteiger partial charge < -0.3 is 15.2 Å². The molecule has 2 aromatic rings. The number of fused-ring (bicyclic) bond motifs is 3. The summed E-state index contributed by atoms with van der Waals surface area (Å²) in [5, 5.41) is 26.2. The van der Waals surface area contributed by atoms with Crippen molar-refractivity contribution in [3.05, 3.63) is 80.4 Å². The van der Waals surface area contributed by atoms with Crippen LogP contribution in [0.1, 0.15) is 39.9 Å². The molecule has 0 amide bonds. The number of anilines is 1. The Morgan fingerprint density at radius 2 is 2.00 bits per heavy atom. The Morgan fingerprint density at radius 1 is 1.19 bits per heavy atom. The predicted molar refractivity (Wildman–Crippen MR) is 95.2 cm³/mol. The number of nitro groups is 1. The van der Waals surface area contributed by atoms with Gasteiger partial charge in [0.2, 0.25) is 0 Å². The third-order valence-corrected chi connectivity index (χ3v) is 5.47. The largest absolute Gasteiger partial charge is 0.545 e. The number of rotatable bonds is 3. The molecule has 1 aliphatic heterocycles. The van der Waals surface area contributed by atoms with Crippen LogP contribution in [0.2, 0.25) is 5.02 Å². The van der Waals surface area contributed by atoms with E-state index in [0.717, 1.165) is 17.7 Å². The van der Waals surface area contributed by atoms with Crippen LogP contribution in [0.4, 0.5) is 11.4 Å². The van der Waals surface area contributed by atoms with Gasteiger partial charge in [0.1, 0.15) is 0 Å². The summed E-state index contributed by atoms with van der Waals surface area (Å²) < 4.78 is 0. The van der Waals surface area contributed by atoms with Gasteiger partial charge in [0.15, 0.2) is 0 Å². The first-order valence-electron chi connectivity index (χ1n) is 8.18. The monoisotopic (exact) mass is 369 g/mol. The number of carbonyl (C=O) groups excluding carboxylic acids is 1. The molecule has 0 radical (unpaired) electrons. The van der Waals surface area contributed by atoms with Crippen LogP contribution in [0.25, 0.3) is 0 Å². The van der Waals surface area contributed by atoms with Crippen molar-refractivity contribution in [1.82, 2.24) is 0 Å². The minimum absolute atomic E-state index is 0.00759. The van der Waals surface area contributed by atoms with E-state index in [0.29, 0.717) is 10.6 Å². The van der Waals surface area contributed by atoms with E-state index >= 15 is 0 Å². The summed E-state index contributed by atoms with van der Waals surface area (Å²) in [7, 11) is 0. The lowest BCUT2D eigenvalue weighted by Crippen LogP contribution is -2.30. The van der Waals surface area contributed by atoms with Crippen LogP contribution >= 0.6 is 11.6 Å². The van der Waals surface area contributed by atoms with Gasteiger partial charge >= 0.3 is 0 Å². The van der Waals surface area contributed by atoms with E-state index in [1.807, 2.05) is 0 Å². The number of halogens is 1. The number of benzene rings is 2. The number of hydrogen-bond donors (Lipinski definition) is 1. The van der Waals surface area contributed by atoms with Crippen LogP contribution in [0.15, 0.2) is 48.6 Å². The molecule has 1 N–H and O–H groups in total. The highest BCUT2D eigenvalue weighted by Gasteiger charge is 2.39. The summed E-state index contributed by atoms with van der Waals surface area (Å²) in [5.74, 6) is -1.10. The second-order valence-corrected chi connectivity index (χ2v) is 6.94. The minimum atomic E-state index is -1.21. The molecule has 0 saturated carbocycles. The number of carbonyl (C=O) groups is 1. The van der Waals surface area contributed by atoms with Gasteiger partial charge in [-0.25, -0.2) is 0 Å². The van der Waals surface area contributed by atoms with E-state index in [-0.39, 0.29) is 29.1 Å². The number of nitrogens with zero attached hydrogens (tertiary/aromatic N) is 1. The van der Waals surface area contributed by atoms with Crippen molar-refractivity contribution in [3.8, 4) is 0 Å². The molecule has 1 heterocycles. The molecule has 2 aliphatic rings. The summed E-state index contributed by atoms with van der Waals surface area (Å²) in [6.45, 7) is 0. The number of nitrogens with one attached hydrogen (secondary N) is 1. The lowest BCUT2D eigenvalue weighted by molar-refractivity contribution is -0.384. The number of nitro benzene ring substituents is 1. The zero-order chi connectivity index (χ0) is 18.4. The standard InChI is InChI=1S/C19H15ClN2O4/c20-16-6-5-11(22(25)26)9-15(16)18-13-3-1-2-12(13)14-8-10(19(23)24)4-7-17(14)21-18/h1-2,4-9,12-13,18,21H,3H2,(H,23,24)/p-1/t12-,13-,18-/m1/s1. The summed E-state index contributed by atoms with van der Waals surface area (Å²) >= 11 is 6.35. The number of carboxylic acid groups (broad SMARTS) is 1. The number of aromatic carboxylic acids is 1. The molecule has 1 aliphatic carbocycles.